The van der Waals surface area contributed by atoms with Crippen LogP contribution in [0.4, 0.5) is 17.3 Å². The number of ether oxygens (including phenoxy) is 2. The molecule has 2 aromatic heterocycles. The summed E-state index contributed by atoms with van der Waals surface area (Å²) >= 11 is 3.30. The number of nitrogens with one attached hydrogen (secondary N) is 1. The van der Waals surface area contributed by atoms with E-state index >= 15 is 0 Å². The Bertz CT molecular complexity index is 966. The monoisotopic (exact) mass is 522 g/mol. The molecule has 2 aromatic rings. The highest BCUT2D eigenvalue weighted by Crippen LogP contribution is 2.20. The van der Waals surface area contributed by atoms with Gasteiger partial charge in [0.25, 0.3) is 5.56 Å². The molecule has 0 atom stereocenters. The number of Topliss-reactive ketones (excluding diaryl/α,β-unsaturated/α-hetero) is 1. The van der Waals surface area contributed by atoms with Gasteiger partial charge in [0.1, 0.15) is 23.6 Å². The predicted octanol–water partition coefficient (Wildman–Crippen LogP) is 1.81. The third kappa shape index (κ3) is 6.83. The molecular formula is C22H31BrN6O4. The molecule has 0 amide bonds. The molecule has 3 aliphatic rings. The summed E-state index contributed by atoms with van der Waals surface area (Å²) in [6.45, 7) is 10.4. The van der Waals surface area contributed by atoms with E-state index < -0.39 is 0 Å². The highest BCUT2D eigenvalue weighted by atomic mass is 79.9. The number of carbonyl (C=O) groups is 1. The van der Waals surface area contributed by atoms with Gasteiger partial charge in [-0.05, 0) is 28.1 Å². The zero-order valence-corrected chi connectivity index (χ0v) is 20.9. The van der Waals surface area contributed by atoms with Gasteiger partial charge in [-0.15, -0.1) is 0 Å². The highest BCUT2D eigenvalue weighted by Gasteiger charge is 2.29. The van der Waals surface area contributed by atoms with Gasteiger partial charge in [-0.25, -0.2) is 9.97 Å². The third-order valence-electron chi connectivity index (χ3n) is 5.35. The van der Waals surface area contributed by atoms with E-state index in [0.717, 1.165) is 50.9 Å². The van der Waals surface area contributed by atoms with E-state index in [2.05, 4.69) is 45.8 Å². The lowest BCUT2D eigenvalue weighted by atomic mass is 10.2. The lowest BCUT2D eigenvalue weighted by Gasteiger charge is -2.42. The summed E-state index contributed by atoms with van der Waals surface area (Å²) in [5.74, 6) is 1.44. The number of pyridine rings is 1. The number of hydrogen-bond donors (Lipinski definition) is 1. The number of aryl methyl sites for hydroxylation is 1. The number of piperazine rings is 1. The Morgan fingerprint density at radius 2 is 1.73 bits per heavy atom. The molecule has 5 rings (SSSR count). The smallest absolute Gasteiger partial charge is 0.293 e. The standard InChI is InChI=1S/C17H21BrN6O2.C3H4O2.C2H6/c1-22-9-14(18)21-16(17(22)25)20-12-2-3-15(19-8-12)24-6-4-23(5-7-24)13-10-26-11-13;4-3-1-5-2-3;1-2/h2-3,8-9,13H,4-7,10-11H2,1H3,(H,20,21);1-2H2;1-2H3. The van der Waals surface area contributed by atoms with Gasteiger partial charge in [-0.2, -0.15) is 0 Å². The van der Waals surface area contributed by atoms with Crippen molar-refractivity contribution in [3.8, 4) is 0 Å². The molecular weight excluding hydrogens is 492 g/mol. The van der Waals surface area contributed by atoms with Crippen molar-refractivity contribution in [1.29, 1.82) is 0 Å². The van der Waals surface area contributed by atoms with Gasteiger partial charge in [0.2, 0.25) is 0 Å². The molecule has 3 aliphatic heterocycles. The van der Waals surface area contributed by atoms with Gasteiger partial charge in [-0.3, -0.25) is 14.5 Å². The topological polar surface area (TPSA) is 102 Å². The van der Waals surface area contributed by atoms with Crippen molar-refractivity contribution in [3.63, 3.8) is 0 Å². The fourth-order valence-electron chi connectivity index (χ4n) is 3.37. The minimum Gasteiger partial charge on any atom is -0.378 e. The van der Waals surface area contributed by atoms with E-state index in [1.165, 1.54) is 4.57 Å². The van der Waals surface area contributed by atoms with E-state index in [9.17, 15) is 9.59 Å². The molecule has 0 aliphatic carbocycles. The number of ketones is 1. The molecule has 0 radical (unpaired) electrons. The maximum Gasteiger partial charge on any atom is 0.293 e. The van der Waals surface area contributed by atoms with Gasteiger partial charge in [-0.1, -0.05) is 13.8 Å². The third-order valence-corrected chi connectivity index (χ3v) is 5.74. The summed E-state index contributed by atoms with van der Waals surface area (Å²) in [6.07, 6.45) is 3.37. The van der Waals surface area contributed by atoms with Crippen molar-refractivity contribution < 1.29 is 14.3 Å². The second-order valence-electron chi connectivity index (χ2n) is 7.60. The first-order valence-corrected chi connectivity index (χ1v) is 11.9. The largest absolute Gasteiger partial charge is 0.378 e. The molecule has 1 N–H and O–H groups in total. The van der Waals surface area contributed by atoms with E-state index in [4.69, 9.17) is 4.74 Å². The summed E-state index contributed by atoms with van der Waals surface area (Å²) < 4.78 is 11.8. The molecule has 180 valence electrons. The van der Waals surface area contributed by atoms with Crippen LogP contribution in [0, 0.1) is 0 Å². The van der Waals surface area contributed by atoms with Crippen LogP contribution in [0.25, 0.3) is 0 Å². The van der Waals surface area contributed by atoms with E-state index in [1.807, 2.05) is 26.0 Å². The summed E-state index contributed by atoms with van der Waals surface area (Å²) in [5, 5.41) is 3.04. The van der Waals surface area contributed by atoms with Crippen molar-refractivity contribution in [2.24, 2.45) is 7.05 Å². The van der Waals surface area contributed by atoms with Crippen molar-refractivity contribution in [2.75, 3.05) is 62.8 Å². The van der Waals surface area contributed by atoms with Crippen molar-refractivity contribution >= 4 is 39.0 Å². The van der Waals surface area contributed by atoms with Gasteiger partial charge < -0.3 is 24.3 Å². The summed E-state index contributed by atoms with van der Waals surface area (Å²) in [6, 6.07) is 4.50. The van der Waals surface area contributed by atoms with Crippen LogP contribution in [-0.4, -0.2) is 83.9 Å². The molecule has 0 spiro atoms. The van der Waals surface area contributed by atoms with Gasteiger partial charge in [0, 0.05) is 39.4 Å². The number of carbonyl (C=O) groups excluding carboxylic acids is 1. The Hall–Kier alpha value is -2.34. The molecule has 3 fully saturated rings. The first-order valence-electron chi connectivity index (χ1n) is 11.1. The minimum atomic E-state index is -0.187. The van der Waals surface area contributed by atoms with Crippen LogP contribution in [0.15, 0.2) is 33.9 Å². The van der Waals surface area contributed by atoms with E-state index in [-0.39, 0.29) is 17.2 Å². The van der Waals surface area contributed by atoms with Crippen LogP contribution >= 0.6 is 15.9 Å². The lowest BCUT2D eigenvalue weighted by molar-refractivity contribution is -0.140. The van der Waals surface area contributed by atoms with Crippen LogP contribution in [-0.2, 0) is 21.3 Å². The quantitative estimate of drug-likeness (QED) is 0.643. The fourth-order valence-corrected chi connectivity index (χ4v) is 3.85. The van der Waals surface area contributed by atoms with E-state index in [0.29, 0.717) is 23.9 Å². The predicted molar refractivity (Wildman–Crippen MR) is 130 cm³/mol. The number of anilines is 3. The number of hydrogen-bond acceptors (Lipinski definition) is 9. The maximum atomic E-state index is 12.1. The van der Waals surface area contributed by atoms with Crippen LogP contribution < -0.4 is 15.8 Å². The first-order chi connectivity index (χ1) is 16.0. The Labute approximate surface area is 202 Å². The van der Waals surface area contributed by atoms with Crippen molar-refractivity contribution in [1.82, 2.24) is 19.4 Å². The van der Waals surface area contributed by atoms with Crippen LogP contribution in [0.2, 0.25) is 0 Å². The number of rotatable bonds is 4. The summed E-state index contributed by atoms with van der Waals surface area (Å²) in [5.41, 5.74) is 0.551. The molecule has 33 heavy (non-hydrogen) atoms. The first kappa shape index (κ1) is 25.3. The van der Waals surface area contributed by atoms with Crippen molar-refractivity contribution in [2.45, 2.75) is 19.9 Å². The number of aromatic nitrogens is 3. The average molecular weight is 523 g/mol. The zero-order valence-electron chi connectivity index (χ0n) is 19.3. The Kier molecular flexibility index (Phi) is 9.36. The van der Waals surface area contributed by atoms with Gasteiger partial charge in [0.15, 0.2) is 11.6 Å². The van der Waals surface area contributed by atoms with Crippen LogP contribution in [0.1, 0.15) is 13.8 Å². The molecule has 11 heteroatoms. The van der Waals surface area contributed by atoms with Gasteiger partial charge >= 0.3 is 0 Å². The second-order valence-corrected chi connectivity index (χ2v) is 8.42. The highest BCUT2D eigenvalue weighted by molar-refractivity contribution is 9.10. The maximum absolute atomic E-state index is 12.1. The van der Waals surface area contributed by atoms with Gasteiger partial charge in [0.05, 0.1) is 31.1 Å². The average Bonchev–Trinajstić information content (AvgIpc) is 2.77. The molecule has 0 aromatic carbocycles. The fraction of sp³-hybridized carbons (Fsp3) is 0.545. The molecule has 10 nitrogen and oxygen atoms in total. The normalized spacial score (nSPS) is 18.2. The number of nitrogens with zero attached hydrogens (tertiary/aromatic N) is 5. The molecule has 0 bridgehead atoms. The zero-order chi connectivity index (χ0) is 23.8. The van der Waals surface area contributed by atoms with Crippen LogP contribution in [0.5, 0.6) is 0 Å². The molecule has 3 saturated heterocycles. The summed E-state index contributed by atoms with van der Waals surface area (Å²) in [4.78, 5) is 35.4. The Morgan fingerprint density at radius 1 is 1.06 bits per heavy atom. The summed E-state index contributed by atoms with van der Waals surface area (Å²) in [7, 11) is 1.69. The molecule has 0 saturated carbocycles. The molecule has 0 unspecified atom stereocenters. The lowest BCUT2D eigenvalue weighted by Crippen LogP contribution is -2.56. The van der Waals surface area contributed by atoms with Crippen LogP contribution in [0.3, 0.4) is 0 Å². The van der Waals surface area contributed by atoms with Crippen molar-refractivity contribution in [3.05, 3.63) is 39.5 Å². The SMILES string of the molecule is CC.Cn1cc(Br)nc(Nc2ccc(N3CCN(C4COC4)CC3)nc2)c1=O.O=C1COC1. The second kappa shape index (κ2) is 12.2. The molecule has 5 heterocycles. The Morgan fingerprint density at radius 3 is 2.21 bits per heavy atom. The van der Waals surface area contributed by atoms with E-state index in [1.54, 1.807) is 19.4 Å². The number of halogens is 1. The minimum absolute atomic E-state index is 0.187. The Balaban J connectivity index is 0.000000381.